The van der Waals surface area contributed by atoms with Crippen LogP contribution in [0.15, 0.2) is 18.2 Å². The van der Waals surface area contributed by atoms with Gasteiger partial charge in [-0.1, -0.05) is 17.7 Å². The van der Waals surface area contributed by atoms with Gasteiger partial charge < -0.3 is 10.2 Å². The van der Waals surface area contributed by atoms with Crippen LogP contribution in [0.1, 0.15) is 18.4 Å². The molecule has 3 heteroatoms. The van der Waals surface area contributed by atoms with Crippen LogP contribution in [0.5, 0.6) is 5.75 Å². The summed E-state index contributed by atoms with van der Waals surface area (Å²) in [5.41, 5.74) is 0.446. The van der Waals surface area contributed by atoms with E-state index in [0.29, 0.717) is 10.6 Å². The lowest BCUT2D eigenvalue weighted by molar-refractivity contribution is 0.252. The molecule has 1 saturated carbocycles. The number of aliphatic hydroxyl groups is 1. The molecule has 0 spiro atoms. The SMILES string of the molecule is OCC1(c2c(O)cccc2Cl)CC1. The fourth-order valence-corrected chi connectivity index (χ4v) is 2.05. The average molecular weight is 199 g/mol. The Morgan fingerprint density at radius 1 is 1.38 bits per heavy atom. The fourth-order valence-electron chi connectivity index (χ4n) is 1.68. The van der Waals surface area contributed by atoms with Gasteiger partial charge in [0, 0.05) is 16.0 Å². The van der Waals surface area contributed by atoms with Gasteiger partial charge in [-0.05, 0) is 25.0 Å². The number of hydrogen-bond acceptors (Lipinski definition) is 2. The van der Waals surface area contributed by atoms with Crippen LogP contribution in [-0.2, 0) is 5.41 Å². The van der Waals surface area contributed by atoms with Crippen molar-refractivity contribution in [1.82, 2.24) is 0 Å². The number of aromatic hydroxyl groups is 1. The molecule has 1 aliphatic carbocycles. The highest BCUT2D eigenvalue weighted by molar-refractivity contribution is 6.31. The highest BCUT2D eigenvalue weighted by Gasteiger charge is 2.46. The molecular weight excluding hydrogens is 188 g/mol. The minimum absolute atomic E-state index is 0.0598. The van der Waals surface area contributed by atoms with E-state index in [-0.39, 0.29) is 17.8 Å². The third kappa shape index (κ3) is 1.30. The summed E-state index contributed by atoms with van der Waals surface area (Å²) in [4.78, 5) is 0. The van der Waals surface area contributed by atoms with E-state index in [1.165, 1.54) is 0 Å². The van der Waals surface area contributed by atoms with Crippen molar-refractivity contribution in [2.45, 2.75) is 18.3 Å². The van der Waals surface area contributed by atoms with Gasteiger partial charge in [-0.3, -0.25) is 0 Å². The zero-order valence-electron chi connectivity index (χ0n) is 7.13. The predicted molar refractivity (Wildman–Crippen MR) is 51.1 cm³/mol. The van der Waals surface area contributed by atoms with Gasteiger partial charge in [-0.2, -0.15) is 0 Å². The van der Waals surface area contributed by atoms with Crippen LogP contribution in [0.2, 0.25) is 5.02 Å². The highest BCUT2D eigenvalue weighted by atomic mass is 35.5. The summed E-state index contributed by atoms with van der Waals surface area (Å²) >= 11 is 5.96. The van der Waals surface area contributed by atoms with Gasteiger partial charge in [0.05, 0.1) is 6.61 Å². The average Bonchev–Trinajstić information content (AvgIpc) is 2.85. The number of hydrogen-bond donors (Lipinski definition) is 2. The summed E-state index contributed by atoms with van der Waals surface area (Å²) in [6, 6.07) is 5.05. The van der Waals surface area contributed by atoms with Crippen LogP contribution in [0.25, 0.3) is 0 Å². The molecule has 0 amide bonds. The van der Waals surface area contributed by atoms with Crippen molar-refractivity contribution in [3.8, 4) is 5.75 Å². The molecule has 13 heavy (non-hydrogen) atoms. The van der Waals surface area contributed by atoms with Gasteiger partial charge in [0.2, 0.25) is 0 Å². The van der Waals surface area contributed by atoms with Gasteiger partial charge >= 0.3 is 0 Å². The summed E-state index contributed by atoms with van der Waals surface area (Å²) < 4.78 is 0. The van der Waals surface area contributed by atoms with Crippen LogP contribution >= 0.6 is 11.6 Å². The van der Waals surface area contributed by atoms with Gasteiger partial charge in [0.1, 0.15) is 5.75 Å². The highest BCUT2D eigenvalue weighted by Crippen LogP contribution is 2.52. The molecule has 2 rings (SSSR count). The van der Waals surface area contributed by atoms with Gasteiger partial charge in [-0.25, -0.2) is 0 Å². The molecule has 0 heterocycles. The first-order chi connectivity index (χ1) is 6.19. The monoisotopic (exact) mass is 198 g/mol. The molecule has 1 aliphatic rings. The third-order valence-electron chi connectivity index (χ3n) is 2.68. The molecule has 0 unspecified atom stereocenters. The lowest BCUT2D eigenvalue weighted by Gasteiger charge is -2.15. The molecular formula is C10H11ClO2. The molecule has 70 valence electrons. The van der Waals surface area contributed by atoms with Crippen LogP contribution < -0.4 is 0 Å². The smallest absolute Gasteiger partial charge is 0.120 e. The Morgan fingerprint density at radius 3 is 2.54 bits per heavy atom. The number of phenolic OH excluding ortho intramolecular Hbond substituents is 1. The Balaban J connectivity index is 2.50. The minimum Gasteiger partial charge on any atom is -0.508 e. The van der Waals surface area contributed by atoms with Gasteiger partial charge in [0.15, 0.2) is 0 Å². The lowest BCUT2D eigenvalue weighted by Crippen LogP contribution is -2.12. The molecule has 0 radical (unpaired) electrons. The van der Waals surface area contributed by atoms with Crippen molar-refractivity contribution in [1.29, 1.82) is 0 Å². The lowest BCUT2D eigenvalue weighted by atomic mass is 9.96. The quantitative estimate of drug-likeness (QED) is 0.764. The first kappa shape index (κ1) is 8.85. The molecule has 0 bridgehead atoms. The molecule has 0 atom stereocenters. The van der Waals surface area contributed by atoms with E-state index in [4.69, 9.17) is 11.6 Å². The summed E-state index contributed by atoms with van der Waals surface area (Å²) in [6.45, 7) is 0.0598. The molecule has 0 aromatic heterocycles. The molecule has 0 saturated heterocycles. The molecule has 2 nitrogen and oxygen atoms in total. The Kier molecular flexibility index (Phi) is 1.97. The van der Waals surface area contributed by atoms with Crippen molar-refractivity contribution in [2.24, 2.45) is 0 Å². The van der Waals surface area contributed by atoms with Crippen molar-refractivity contribution in [3.63, 3.8) is 0 Å². The number of phenols is 1. The normalized spacial score (nSPS) is 18.6. The maximum Gasteiger partial charge on any atom is 0.120 e. The van der Waals surface area contributed by atoms with Crippen molar-refractivity contribution >= 4 is 11.6 Å². The fraction of sp³-hybridized carbons (Fsp3) is 0.400. The largest absolute Gasteiger partial charge is 0.508 e. The minimum atomic E-state index is -0.261. The van der Waals surface area contributed by atoms with E-state index in [0.717, 1.165) is 12.8 Å². The zero-order valence-corrected chi connectivity index (χ0v) is 7.88. The topological polar surface area (TPSA) is 40.5 Å². The van der Waals surface area contributed by atoms with E-state index < -0.39 is 0 Å². The molecule has 0 aliphatic heterocycles. The van der Waals surface area contributed by atoms with E-state index in [1.807, 2.05) is 0 Å². The van der Waals surface area contributed by atoms with E-state index >= 15 is 0 Å². The van der Waals surface area contributed by atoms with Crippen LogP contribution in [-0.4, -0.2) is 16.8 Å². The standard InChI is InChI=1S/C10H11ClO2/c11-7-2-1-3-8(13)9(7)10(6-12)4-5-10/h1-3,12-13H,4-6H2. The van der Waals surface area contributed by atoms with Crippen LogP contribution in [0, 0.1) is 0 Å². The summed E-state index contributed by atoms with van der Waals surface area (Å²) in [6.07, 6.45) is 1.81. The number of halogens is 1. The second kappa shape index (κ2) is 2.89. The number of rotatable bonds is 2. The van der Waals surface area contributed by atoms with Crippen LogP contribution in [0.4, 0.5) is 0 Å². The number of benzene rings is 1. The number of aliphatic hydroxyl groups excluding tert-OH is 1. The van der Waals surface area contributed by atoms with Crippen LogP contribution in [0.3, 0.4) is 0 Å². The second-order valence-corrected chi connectivity index (χ2v) is 3.98. The van der Waals surface area contributed by atoms with Gasteiger partial charge in [-0.15, -0.1) is 0 Å². The van der Waals surface area contributed by atoms with Crippen molar-refractivity contribution < 1.29 is 10.2 Å². The summed E-state index contributed by atoms with van der Waals surface area (Å²) in [7, 11) is 0. The third-order valence-corrected chi connectivity index (χ3v) is 2.99. The first-order valence-corrected chi connectivity index (χ1v) is 4.66. The molecule has 1 fully saturated rings. The van der Waals surface area contributed by atoms with E-state index in [1.54, 1.807) is 18.2 Å². The maximum absolute atomic E-state index is 9.60. The molecule has 1 aromatic rings. The zero-order chi connectivity index (χ0) is 9.47. The Hall–Kier alpha value is -0.730. The van der Waals surface area contributed by atoms with E-state index in [2.05, 4.69) is 0 Å². The second-order valence-electron chi connectivity index (χ2n) is 3.57. The van der Waals surface area contributed by atoms with Gasteiger partial charge in [0.25, 0.3) is 0 Å². The maximum atomic E-state index is 9.60. The molecule has 1 aromatic carbocycles. The Labute approximate surface area is 81.8 Å². The van der Waals surface area contributed by atoms with Crippen molar-refractivity contribution in [2.75, 3.05) is 6.61 Å². The predicted octanol–water partition coefficient (Wildman–Crippen LogP) is 2.07. The van der Waals surface area contributed by atoms with Crippen molar-refractivity contribution in [3.05, 3.63) is 28.8 Å². The molecule has 2 N–H and O–H groups in total. The summed E-state index contributed by atoms with van der Waals surface area (Å²) in [5.74, 6) is 0.194. The Bertz CT molecular complexity index is 311. The summed E-state index contributed by atoms with van der Waals surface area (Å²) in [5, 5.41) is 19.3. The van der Waals surface area contributed by atoms with E-state index in [9.17, 15) is 10.2 Å². The first-order valence-electron chi connectivity index (χ1n) is 4.28. The Morgan fingerprint density at radius 2 is 2.08 bits per heavy atom.